The summed E-state index contributed by atoms with van der Waals surface area (Å²) >= 11 is 1.77. The summed E-state index contributed by atoms with van der Waals surface area (Å²) in [5.41, 5.74) is 3.14. The summed E-state index contributed by atoms with van der Waals surface area (Å²) in [7, 11) is 0. The number of fused-ring (bicyclic) bond motifs is 1. The fourth-order valence-electron chi connectivity index (χ4n) is 3.14. The molecular weight excluding hydrogens is 484 g/mol. The van der Waals surface area contributed by atoms with Gasteiger partial charge >= 0.3 is 24.3 Å². The van der Waals surface area contributed by atoms with Crippen LogP contribution in [0.15, 0.2) is 5.51 Å². The first kappa shape index (κ1) is 29.1. The zero-order valence-corrected chi connectivity index (χ0v) is 18.6. The number of ether oxygens (including phenoxy) is 1. The molecule has 1 aromatic heterocycles. The van der Waals surface area contributed by atoms with Crippen LogP contribution in [-0.2, 0) is 20.9 Å². The molecule has 2 N–H and O–H groups in total. The molecule has 0 spiro atoms. The molecule has 0 bridgehead atoms. The average molecular weight is 509 g/mol. The van der Waals surface area contributed by atoms with Crippen molar-refractivity contribution in [1.82, 2.24) is 14.8 Å². The van der Waals surface area contributed by atoms with Crippen LogP contribution < -0.4 is 0 Å². The number of carbonyl (C=O) groups is 2. The van der Waals surface area contributed by atoms with Gasteiger partial charge in [0.15, 0.2) is 0 Å². The number of carboxylic acids is 2. The molecular formula is C18H25F6N3O5S. The van der Waals surface area contributed by atoms with Crippen molar-refractivity contribution in [2.45, 2.75) is 38.8 Å². The Labute approximate surface area is 189 Å². The quantitative estimate of drug-likeness (QED) is 0.600. The average Bonchev–Trinajstić information content (AvgIpc) is 3.20. The summed E-state index contributed by atoms with van der Waals surface area (Å²) in [5.74, 6) is -4.84. The van der Waals surface area contributed by atoms with E-state index in [9.17, 15) is 26.3 Å². The predicted molar refractivity (Wildman–Crippen MR) is 105 cm³/mol. The standard InChI is InChI=1S/C14H23N3OS.2C2HF3O2/c1-3-16-4-5-18-13-8-17(7-12(13)6-16)9-14-11(2)15-10-19-14;2*3-2(4,5)1(6)7/h10,12-13H,3-9H2,1-2H3;2*(H,6,7)/t12-,13+;;/m0../s1. The molecule has 0 amide bonds. The Balaban J connectivity index is 0.000000324. The molecule has 1 aromatic rings. The second-order valence-corrected chi connectivity index (χ2v) is 8.16. The number of alkyl halides is 6. The Morgan fingerprint density at radius 3 is 2.03 bits per heavy atom. The van der Waals surface area contributed by atoms with Crippen molar-refractivity contribution in [2.24, 2.45) is 5.92 Å². The first-order valence-corrected chi connectivity index (χ1v) is 10.6. The third kappa shape index (κ3) is 10.2. The zero-order valence-electron chi connectivity index (χ0n) is 17.8. The third-order valence-corrected chi connectivity index (χ3v) is 5.75. The molecule has 3 rings (SSSR count). The maximum Gasteiger partial charge on any atom is 0.490 e. The van der Waals surface area contributed by atoms with Crippen LogP contribution in [0.3, 0.4) is 0 Å². The van der Waals surface area contributed by atoms with Gasteiger partial charge < -0.3 is 19.8 Å². The van der Waals surface area contributed by atoms with Gasteiger partial charge in [-0.05, 0) is 13.5 Å². The van der Waals surface area contributed by atoms with Gasteiger partial charge in [0.25, 0.3) is 0 Å². The number of aromatic nitrogens is 1. The highest BCUT2D eigenvalue weighted by Crippen LogP contribution is 2.26. The SMILES string of the molecule is CCN1CCO[C@@H]2CN(Cc3scnc3C)C[C@@H]2C1.O=C(O)C(F)(F)F.O=C(O)C(F)(F)F. The fourth-order valence-corrected chi connectivity index (χ4v) is 3.96. The zero-order chi connectivity index (χ0) is 25.4. The van der Waals surface area contributed by atoms with E-state index in [-0.39, 0.29) is 0 Å². The first-order chi connectivity index (χ1) is 15.1. The second-order valence-electron chi connectivity index (χ2n) is 7.22. The van der Waals surface area contributed by atoms with Crippen molar-refractivity contribution in [3.63, 3.8) is 0 Å². The van der Waals surface area contributed by atoms with Crippen LogP contribution in [0, 0.1) is 12.8 Å². The summed E-state index contributed by atoms with van der Waals surface area (Å²) in [4.78, 5) is 28.6. The van der Waals surface area contributed by atoms with Crippen LogP contribution >= 0.6 is 11.3 Å². The van der Waals surface area contributed by atoms with Crippen LogP contribution in [0.5, 0.6) is 0 Å². The number of likely N-dealkylation sites (N-methyl/N-ethyl adjacent to an activating group) is 1. The van der Waals surface area contributed by atoms with Gasteiger partial charge in [-0.2, -0.15) is 26.3 Å². The summed E-state index contributed by atoms with van der Waals surface area (Å²) in [6, 6.07) is 0. The summed E-state index contributed by atoms with van der Waals surface area (Å²) in [6.45, 7) is 12.0. The van der Waals surface area contributed by atoms with Gasteiger partial charge in [-0.1, -0.05) is 6.92 Å². The number of carboxylic acid groups (broad SMARTS) is 2. The number of likely N-dealkylation sites (tertiary alicyclic amines) is 1. The number of hydrogen-bond acceptors (Lipinski definition) is 7. The van der Waals surface area contributed by atoms with E-state index in [1.54, 1.807) is 11.3 Å². The number of rotatable bonds is 3. The van der Waals surface area contributed by atoms with Crippen LogP contribution in [0.2, 0.25) is 0 Å². The van der Waals surface area contributed by atoms with Gasteiger partial charge in [-0.15, -0.1) is 11.3 Å². The minimum absolute atomic E-state index is 0.435. The molecule has 33 heavy (non-hydrogen) atoms. The predicted octanol–water partition coefficient (Wildman–Crippen LogP) is 2.87. The van der Waals surface area contributed by atoms with Crippen molar-refractivity contribution < 1.29 is 50.9 Å². The smallest absolute Gasteiger partial charge is 0.475 e. The Morgan fingerprint density at radius 2 is 1.61 bits per heavy atom. The lowest BCUT2D eigenvalue weighted by molar-refractivity contribution is -0.193. The minimum atomic E-state index is -5.08. The minimum Gasteiger partial charge on any atom is -0.475 e. The summed E-state index contributed by atoms with van der Waals surface area (Å²) in [6.07, 6.45) is -9.73. The third-order valence-electron chi connectivity index (χ3n) is 4.83. The normalized spacial score (nSPS) is 21.7. The van der Waals surface area contributed by atoms with Crippen LogP contribution in [0.4, 0.5) is 26.3 Å². The second kappa shape index (κ2) is 12.5. The largest absolute Gasteiger partial charge is 0.490 e. The molecule has 0 aromatic carbocycles. The maximum absolute atomic E-state index is 10.6. The van der Waals surface area contributed by atoms with Crippen LogP contribution in [0.1, 0.15) is 17.5 Å². The Bertz CT molecular complexity index is 749. The van der Waals surface area contributed by atoms with Gasteiger partial charge in [-0.3, -0.25) is 4.90 Å². The molecule has 3 heterocycles. The van der Waals surface area contributed by atoms with E-state index in [2.05, 4.69) is 28.6 Å². The van der Waals surface area contributed by atoms with E-state index in [4.69, 9.17) is 24.5 Å². The highest BCUT2D eigenvalue weighted by atomic mass is 32.1. The monoisotopic (exact) mass is 509 g/mol. The van der Waals surface area contributed by atoms with E-state index in [1.807, 2.05) is 5.51 Å². The maximum atomic E-state index is 10.6. The number of aryl methyl sites for hydroxylation is 1. The van der Waals surface area contributed by atoms with Gasteiger partial charge in [0.1, 0.15) is 0 Å². The van der Waals surface area contributed by atoms with E-state index in [0.717, 1.165) is 32.8 Å². The van der Waals surface area contributed by atoms with E-state index in [1.165, 1.54) is 23.7 Å². The molecule has 8 nitrogen and oxygen atoms in total. The molecule has 2 fully saturated rings. The van der Waals surface area contributed by atoms with E-state index < -0.39 is 24.3 Å². The van der Waals surface area contributed by atoms with Crippen molar-refractivity contribution in [1.29, 1.82) is 0 Å². The Morgan fingerprint density at radius 1 is 1.09 bits per heavy atom. The van der Waals surface area contributed by atoms with E-state index >= 15 is 0 Å². The van der Waals surface area contributed by atoms with Gasteiger partial charge in [0.05, 0.1) is 23.9 Å². The molecule has 2 aliphatic rings. The number of hydrogen-bond donors (Lipinski definition) is 2. The molecule has 2 aliphatic heterocycles. The van der Waals surface area contributed by atoms with Crippen molar-refractivity contribution >= 4 is 23.3 Å². The highest BCUT2D eigenvalue weighted by Gasteiger charge is 2.39. The molecule has 15 heteroatoms. The molecule has 0 aliphatic carbocycles. The number of halogens is 6. The number of nitrogens with zero attached hydrogens (tertiary/aromatic N) is 3. The molecule has 0 unspecified atom stereocenters. The van der Waals surface area contributed by atoms with Crippen LogP contribution in [-0.4, -0.2) is 94.7 Å². The Kier molecular flexibility index (Phi) is 11.0. The fraction of sp³-hybridized carbons (Fsp3) is 0.722. The topological polar surface area (TPSA) is 103 Å². The molecule has 190 valence electrons. The first-order valence-electron chi connectivity index (χ1n) is 9.70. The molecule has 0 radical (unpaired) electrons. The molecule has 2 atom stereocenters. The van der Waals surface area contributed by atoms with Crippen molar-refractivity contribution in [3.8, 4) is 0 Å². The summed E-state index contributed by atoms with van der Waals surface area (Å²) < 4.78 is 69.5. The molecule has 0 saturated carbocycles. The van der Waals surface area contributed by atoms with Gasteiger partial charge in [-0.25, -0.2) is 14.6 Å². The Hall–Kier alpha value is -1.97. The lowest BCUT2D eigenvalue weighted by Gasteiger charge is -2.21. The lowest BCUT2D eigenvalue weighted by atomic mass is 10.1. The molecule has 2 saturated heterocycles. The van der Waals surface area contributed by atoms with Gasteiger partial charge in [0.2, 0.25) is 0 Å². The van der Waals surface area contributed by atoms with E-state index in [0.29, 0.717) is 12.0 Å². The lowest BCUT2D eigenvalue weighted by Crippen LogP contribution is -2.32. The summed E-state index contributed by atoms with van der Waals surface area (Å²) in [5, 5.41) is 14.2. The van der Waals surface area contributed by atoms with Crippen molar-refractivity contribution in [2.75, 3.05) is 39.3 Å². The van der Waals surface area contributed by atoms with Crippen molar-refractivity contribution in [3.05, 3.63) is 16.1 Å². The number of aliphatic carboxylic acids is 2. The van der Waals surface area contributed by atoms with Gasteiger partial charge in [0, 0.05) is 43.5 Å². The highest BCUT2D eigenvalue weighted by molar-refractivity contribution is 7.09. The number of thiazole rings is 1. The van der Waals surface area contributed by atoms with Crippen LogP contribution in [0.25, 0.3) is 0 Å².